The molecule has 5 aromatic rings. The van der Waals surface area contributed by atoms with Crippen molar-refractivity contribution < 1.29 is 14.5 Å². The van der Waals surface area contributed by atoms with E-state index in [2.05, 4.69) is 146 Å². The normalized spacial score (nSPS) is 16.1. The van der Waals surface area contributed by atoms with Crippen LogP contribution in [0.2, 0.25) is 0 Å². The van der Waals surface area contributed by atoms with E-state index < -0.39 is 14.5 Å². The fourth-order valence-electron chi connectivity index (χ4n) is 7.62. The van der Waals surface area contributed by atoms with Crippen LogP contribution < -0.4 is 3.87 Å². The molecule has 0 aromatic heterocycles. The van der Waals surface area contributed by atoms with Crippen molar-refractivity contribution in [1.82, 2.24) is 0 Å². The van der Waals surface area contributed by atoms with Gasteiger partial charge >= 0.3 is 276 Å². The summed E-state index contributed by atoms with van der Waals surface area (Å²) in [7, 11) is 16.2. The monoisotopic (exact) mass is 650 g/mol. The molecule has 1 unspecified atom stereocenters. The molecule has 0 saturated carbocycles. The zero-order chi connectivity index (χ0) is 31.2. The van der Waals surface area contributed by atoms with Crippen LogP contribution in [0.4, 0.5) is 0 Å². The van der Waals surface area contributed by atoms with Gasteiger partial charge < -0.3 is 0 Å². The zero-order valence-electron chi connectivity index (χ0n) is 26.8. The van der Waals surface area contributed by atoms with Gasteiger partial charge in [-0.05, 0) is 0 Å². The van der Waals surface area contributed by atoms with Crippen molar-refractivity contribution in [3.05, 3.63) is 130 Å². The molecule has 2 aliphatic carbocycles. The average Bonchev–Trinajstić information content (AvgIpc) is 3.52. The van der Waals surface area contributed by atoms with E-state index in [1.807, 2.05) is 0 Å². The van der Waals surface area contributed by atoms with Gasteiger partial charge in [-0.25, -0.2) is 0 Å². The molecule has 3 heteroatoms. The number of rotatable bonds is 3. The Labute approximate surface area is 274 Å². The predicted molar refractivity (Wildman–Crippen MR) is 189 cm³/mol. The Bertz CT molecular complexity index is 1990. The van der Waals surface area contributed by atoms with Crippen LogP contribution in [0, 0.1) is 0 Å². The molecule has 0 aliphatic heterocycles. The second-order valence-electron chi connectivity index (χ2n) is 14.8. The maximum atomic E-state index is 8.12. The van der Waals surface area contributed by atoms with E-state index in [1.54, 1.807) is 0 Å². The third kappa shape index (κ3) is 4.77. The molecule has 0 bridgehead atoms. The Morgan fingerprint density at radius 1 is 0.682 bits per heavy atom. The molecule has 5 aromatic carbocycles. The summed E-state index contributed by atoms with van der Waals surface area (Å²) in [4.78, 5) is 0. The Morgan fingerprint density at radius 2 is 1.39 bits per heavy atom. The van der Waals surface area contributed by atoms with E-state index in [1.165, 1.54) is 75.8 Å². The van der Waals surface area contributed by atoms with Gasteiger partial charge in [-0.1, -0.05) is 0 Å². The van der Waals surface area contributed by atoms with Gasteiger partial charge in [0.15, 0.2) is 0 Å². The molecule has 0 nitrogen and oxygen atoms in total. The molecule has 0 amide bonds. The quantitative estimate of drug-likeness (QED) is 0.167. The molecule has 7 rings (SSSR count). The third-order valence-electron chi connectivity index (χ3n) is 9.80. The molecule has 44 heavy (non-hydrogen) atoms. The van der Waals surface area contributed by atoms with Crippen LogP contribution in [0.3, 0.4) is 0 Å². The fourth-order valence-corrected chi connectivity index (χ4v) is 16.5. The topological polar surface area (TPSA) is 0 Å². The molecular weight excluding hydrogens is 611 g/mol. The van der Waals surface area contributed by atoms with Crippen molar-refractivity contribution in [3.8, 4) is 22.3 Å². The van der Waals surface area contributed by atoms with Crippen molar-refractivity contribution in [2.45, 2.75) is 69.9 Å². The number of hydrogen-bond acceptors (Lipinski definition) is 0. The second-order valence-corrected chi connectivity index (χ2v) is 24.2. The summed E-state index contributed by atoms with van der Waals surface area (Å²) in [6.07, 6.45) is 3.22. The second kappa shape index (κ2) is 10.5. The van der Waals surface area contributed by atoms with Gasteiger partial charge in [-0.15, -0.1) is 0 Å². The Morgan fingerprint density at radius 3 is 2.14 bits per heavy atom. The van der Waals surface area contributed by atoms with Gasteiger partial charge in [0, 0.05) is 0 Å². The van der Waals surface area contributed by atoms with E-state index in [-0.39, 0.29) is 15.1 Å². The zero-order valence-corrected chi connectivity index (χ0v) is 29.9. The first-order valence-electron chi connectivity index (χ1n) is 15.7. The SMILES string of the molecule is CC1=Cc2cccc(-c3cccc4ccccc34)c2[CH]1[Ti]([Cl])([Cl])[c]1c(C(C)(C)C)ccc2c1Cc1ccc(C(C)(C)C)cc1-2. The van der Waals surface area contributed by atoms with Crippen molar-refractivity contribution >= 4 is 39.3 Å². The standard InChI is InChI=1S/C21H25.C20H15.2ClH.Ti/c1-20(2,3)16-9-10-18-15(12-16)11-14-7-8-17(13-19(14)18)21(4,5)6;1-14-12-16-8-5-11-19(20(16)13-14)18-10-4-7-15-6-2-3-9-17(15)18;;;/h7-10,13H,11H2,1-6H3;2-13H,1H3;2*1H;/q;;;;+2/p-2. The summed E-state index contributed by atoms with van der Waals surface area (Å²) in [5, 5.41) is 2.50. The number of halogens is 2. The number of allylic oxidation sites excluding steroid dienone is 1. The third-order valence-corrected chi connectivity index (χ3v) is 17.4. The summed E-state index contributed by atoms with van der Waals surface area (Å²) < 4.78 is 1.26. The van der Waals surface area contributed by atoms with Gasteiger partial charge in [0.25, 0.3) is 0 Å². The molecule has 0 saturated heterocycles. The minimum atomic E-state index is -3.93. The van der Waals surface area contributed by atoms with E-state index >= 15 is 0 Å². The van der Waals surface area contributed by atoms with E-state index in [4.69, 9.17) is 18.6 Å². The molecule has 2 aliphatic rings. The van der Waals surface area contributed by atoms with Crippen molar-refractivity contribution in [2.75, 3.05) is 0 Å². The van der Waals surface area contributed by atoms with E-state index in [9.17, 15) is 0 Å². The van der Waals surface area contributed by atoms with E-state index in [0.29, 0.717) is 0 Å². The van der Waals surface area contributed by atoms with Gasteiger partial charge in [0.2, 0.25) is 0 Å². The number of hydrogen-bond donors (Lipinski definition) is 0. The van der Waals surface area contributed by atoms with Gasteiger partial charge in [-0.3, -0.25) is 0 Å². The van der Waals surface area contributed by atoms with Crippen LogP contribution in [0.15, 0.2) is 96.6 Å². The molecule has 0 N–H and O–H groups in total. The summed E-state index contributed by atoms with van der Waals surface area (Å²) in [5.74, 6) is 0. The first-order valence-corrected chi connectivity index (χ1v) is 21.7. The van der Waals surface area contributed by atoms with Crippen LogP contribution in [0.5, 0.6) is 0 Å². The van der Waals surface area contributed by atoms with Gasteiger partial charge in [0.1, 0.15) is 0 Å². The molecule has 1 atom stereocenters. The van der Waals surface area contributed by atoms with E-state index in [0.717, 1.165) is 6.42 Å². The molecule has 0 radical (unpaired) electrons. The summed E-state index contributed by atoms with van der Waals surface area (Å²) in [5.41, 5.74) is 14.4. The minimum absolute atomic E-state index is 0.00931. The van der Waals surface area contributed by atoms with Gasteiger partial charge in [0.05, 0.1) is 0 Å². The first kappa shape index (κ1) is 30.1. The molecule has 222 valence electrons. The van der Waals surface area contributed by atoms with Crippen LogP contribution in [-0.4, -0.2) is 0 Å². The molecule has 0 spiro atoms. The van der Waals surface area contributed by atoms with Crippen LogP contribution in [0.25, 0.3) is 39.1 Å². The van der Waals surface area contributed by atoms with Gasteiger partial charge in [-0.2, -0.15) is 0 Å². The van der Waals surface area contributed by atoms with Crippen LogP contribution in [0.1, 0.15) is 86.1 Å². The summed E-state index contributed by atoms with van der Waals surface area (Å²) >= 11 is -3.93. The van der Waals surface area contributed by atoms with Crippen LogP contribution >= 0.6 is 18.6 Å². The number of fused-ring (bicyclic) bond motifs is 5. The van der Waals surface area contributed by atoms with Crippen molar-refractivity contribution in [1.29, 1.82) is 0 Å². The molecular formula is C41H40Cl2Ti. The van der Waals surface area contributed by atoms with Crippen molar-refractivity contribution in [3.63, 3.8) is 0 Å². The maximum absolute atomic E-state index is 8.12. The first-order chi connectivity index (χ1) is 20.8. The Hall–Kier alpha value is -2.61. The average molecular weight is 652 g/mol. The Kier molecular flexibility index (Phi) is 7.15. The number of benzene rings is 5. The van der Waals surface area contributed by atoms with Crippen molar-refractivity contribution in [2.24, 2.45) is 0 Å². The summed E-state index contributed by atoms with van der Waals surface area (Å²) in [6, 6.07) is 33.7. The Balaban J connectivity index is 1.46. The predicted octanol–water partition coefficient (Wildman–Crippen LogP) is 11.9. The molecule has 0 fully saturated rings. The molecule has 0 heterocycles. The fraction of sp³-hybridized carbons (Fsp3) is 0.268. The van der Waals surface area contributed by atoms with Crippen LogP contribution in [-0.2, 0) is 31.7 Å². The summed E-state index contributed by atoms with van der Waals surface area (Å²) in [6.45, 7) is 16.0.